The van der Waals surface area contributed by atoms with Crippen molar-refractivity contribution in [3.63, 3.8) is 0 Å². The Morgan fingerprint density at radius 1 is 0.947 bits per heavy atom. The maximum absolute atomic E-state index is 13.6. The Kier molecular flexibility index (Phi) is 8.73. The van der Waals surface area contributed by atoms with E-state index in [1.54, 1.807) is 4.90 Å². The van der Waals surface area contributed by atoms with Crippen molar-refractivity contribution in [2.45, 2.75) is 38.9 Å². The summed E-state index contributed by atoms with van der Waals surface area (Å²) in [6.45, 7) is 2.10. The average molecular weight is 540 g/mol. The highest BCUT2D eigenvalue weighted by Gasteiger charge is 2.32. The van der Waals surface area contributed by atoms with E-state index < -0.39 is 35.4 Å². The van der Waals surface area contributed by atoms with E-state index in [-0.39, 0.29) is 24.4 Å². The molecule has 0 saturated heterocycles. The van der Waals surface area contributed by atoms with Gasteiger partial charge in [0, 0.05) is 37.1 Å². The molecule has 4 rings (SSSR count). The molecule has 2 unspecified atom stereocenters. The van der Waals surface area contributed by atoms with E-state index in [1.807, 2.05) is 48.5 Å². The van der Waals surface area contributed by atoms with Crippen LogP contribution in [0.2, 0.25) is 5.02 Å². The summed E-state index contributed by atoms with van der Waals surface area (Å²) in [4.78, 5) is 41.0. The van der Waals surface area contributed by atoms with Crippen molar-refractivity contribution >= 4 is 29.3 Å². The van der Waals surface area contributed by atoms with Crippen LogP contribution < -0.4 is 10.6 Å². The first kappa shape index (κ1) is 27.3. The molecule has 1 heterocycles. The second-order valence-corrected chi connectivity index (χ2v) is 9.76. The maximum Gasteiger partial charge on any atom is 0.245 e. The highest BCUT2D eigenvalue weighted by Crippen LogP contribution is 2.26. The number of nitrogens with zero attached hydrogens (tertiary/aromatic N) is 1. The smallest absolute Gasteiger partial charge is 0.245 e. The van der Waals surface area contributed by atoms with Gasteiger partial charge < -0.3 is 15.5 Å². The number of hydrogen-bond acceptors (Lipinski definition) is 3. The van der Waals surface area contributed by atoms with E-state index in [2.05, 4.69) is 10.6 Å². The Bertz CT molecular complexity index is 1320. The van der Waals surface area contributed by atoms with E-state index in [1.165, 1.54) is 6.92 Å². The van der Waals surface area contributed by atoms with Crippen molar-refractivity contribution in [1.82, 2.24) is 15.5 Å². The van der Waals surface area contributed by atoms with Gasteiger partial charge in [0.1, 0.15) is 23.6 Å². The van der Waals surface area contributed by atoms with E-state index in [0.717, 1.165) is 34.9 Å². The molecule has 38 heavy (non-hydrogen) atoms. The van der Waals surface area contributed by atoms with Gasteiger partial charge in [-0.2, -0.15) is 0 Å². The van der Waals surface area contributed by atoms with Gasteiger partial charge >= 0.3 is 0 Å². The van der Waals surface area contributed by atoms with E-state index in [0.29, 0.717) is 24.5 Å². The van der Waals surface area contributed by atoms with Gasteiger partial charge in [-0.15, -0.1) is 0 Å². The summed E-state index contributed by atoms with van der Waals surface area (Å²) in [6.07, 6.45) is 0.855. The minimum atomic E-state index is -1.14. The topological polar surface area (TPSA) is 78.5 Å². The lowest BCUT2D eigenvalue weighted by atomic mass is 9.97. The SMILES string of the molecule is CC(C(=O)NCc1cc(F)cc(F)c1)C(=O)NC(Cc1ccccc1)C(=O)N1CCc2c(Cl)cccc2C1. The van der Waals surface area contributed by atoms with Crippen molar-refractivity contribution in [2.24, 2.45) is 5.92 Å². The Hall–Kier alpha value is -3.78. The summed E-state index contributed by atoms with van der Waals surface area (Å²) in [5.41, 5.74) is 3.07. The lowest BCUT2D eigenvalue weighted by Gasteiger charge is -2.33. The van der Waals surface area contributed by atoms with Gasteiger partial charge in [0.05, 0.1) is 0 Å². The fourth-order valence-electron chi connectivity index (χ4n) is 4.49. The molecule has 3 amide bonds. The van der Waals surface area contributed by atoms with Crippen LogP contribution in [0.25, 0.3) is 0 Å². The van der Waals surface area contributed by atoms with Crippen LogP contribution in [0.5, 0.6) is 0 Å². The number of benzene rings is 3. The first-order chi connectivity index (χ1) is 18.2. The van der Waals surface area contributed by atoms with Gasteiger partial charge in [-0.05, 0) is 53.8 Å². The van der Waals surface area contributed by atoms with Crippen molar-refractivity contribution in [2.75, 3.05) is 6.54 Å². The standard InChI is InChI=1S/C29H28ClF2N3O3/c1-18(27(36)33-16-20-12-22(31)15-23(32)13-20)28(37)34-26(14-19-6-3-2-4-7-19)29(38)35-11-10-24-21(17-35)8-5-9-25(24)30/h2-9,12-13,15,18,26H,10-11,14,16-17H2,1H3,(H,33,36)(H,34,37). The van der Waals surface area contributed by atoms with Crippen molar-refractivity contribution in [1.29, 1.82) is 0 Å². The highest BCUT2D eigenvalue weighted by atomic mass is 35.5. The molecule has 0 radical (unpaired) electrons. The molecular formula is C29H28ClF2N3O3. The monoisotopic (exact) mass is 539 g/mol. The van der Waals surface area contributed by atoms with Crippen LogP contribution in [0, 0.1) is 17.6 Å². The third-order valence-corrected chi connectivity index (χ3v) is 6.95. The van der Waals surface area contributed by atoms with Gasteiger partial charge in [-0.3, -0.25) is 14.4 Å². The number of fused-ring (bicyclic) bond motifs is 1. The molecule has 0 saturated carbocycles. The Balaban J connectivity index is 1.44. The fraction of sp³-hybridized carbons (Fsp3) is 0.276. The average Bonchev–Trinajstić information content (AvgIpc) is 2.90. The van der Waals surface area contributed by atoms with Gasteiger partial charge in [0.25, 0.3) is 0 Å². The number of halogens is 3. The number of nitrogens with one attached hydrogen (secondary N) is 2. The van der Waals surface area contributed by atoms with Crippen LogP contribution >= 0.6 is 11.6 Å². The molecule has 0 bridgehead atoms. The van der Waals surface area contributed by atoms with Crippen LogP contribution in [0.4, 0.5) is 8.78 Å². The van der Waals surface area contributed by atoms with Crippen LogP contribution in [0.1, 0.15) is 29.2 Å². The molecule has 9 heteroatoms. The number of carbonyl (C=O) groups excluding carboxylic acids is 3. The molecule has 1 aliphatic rings. The van der Waals surface area contributed by atoms with Gasteiger partial charge in [0.2, 0.25) is 17.7 Å². The number of rotatable bonds is 8. The Morgan fingerprint density at radius 3 is 2.37 bits per heavy atom. The number of amides is 3. The summed E-state index contributed by atoms with van der Waals surface area (Å²) in [5, 5.41) is 5.95. The molecule has 198 valence electrons. The lowest BCUT2D eigenvalue weighted by molar-refractivity contribution is -0.140. The number of carbonyl (C=O) groups is 3. The summed E-state index contributed by atoms with van der Waals surface area (Å²) in [5.74, 6) is -4.16. The van der Waals surface area contributed by atoms with Crippen LogP contribution in [0.15, 0.2) is 66.7 Å². The van der Waals surface area contributed by atoms with Crippen molar-refractivity contribution in [3.05, 3.63) is 106 Å². The molecule has 0 spiro atoms. The minimum Gasteiger partial charge on any atom is -0.351 e. The largest absolute Gasteiger partial charge is 0.351 e. The summed E-state index contributed by atoms with van der Waals surface area (Å²) in [7, 11) is 0. The zero-order valence-corrected chi connectivity index (χ0v) is 21.6. The summed E-state index contributed by atoms with van der Waals surface area (Å²) < 4.78 is 26.9. The van der Waals surface area contributed by atoms with Crippen molar-refractivity contribution < 1.29 is 23.2 Å². The molecule has 0 fully saturated rings. The second kappa shape index (κ2) is 12.2. The van der Waals surface area contributed by atoms with Crippen LogP contribution in [-0.2, 0) is 40.3 Å². The molecule has 3 aromatic carbocycles. The maximum atomic E-state index is 13.6. The molecule has 3 aromatic rings. The quantitative estimate of drug-likeness (QED) is 0.422. The molecule has 2 N–H and O–H groups in total. The van der Waals surface area contributed by atoms with Crippen LogP contribution in [0.3, 0.4) is 0 Å². The third-order valence-electron chi connectivity index (χ3n) is 6.59. The van der Waals surface area contributed by atoms with Gasteiger partial charge in [0.15, 0.2) is 0 Å². The predicted molar refractivity (Wildman–Crippen MR) is 140 cm³/mol. The predicted octanol–water partition coefficient (Wildman–Crippen LogP) is 4.18. The van der Waals surface area contributed by atoms with Crippen molar-refractivity contribution in [3.8, 4) is 0 Å². The van der Waals surface area contributed by atoms with E-state index in [9.17, 15) is 23.2 Å². The minimum absolute atomic E-state index is 0.146. The molecule has 0 aliphatic carbocycles. The zero-order chi connectivity index (χ0) is 27.2. The van der Waals surface area contributed by atoms with E-state index >= 15 is 0 Å². The highest BCUT2D eigenvalue weighted by molar-refractivity contribution is 6.31. The van der Waals surface area contributed by atoms with Gasteiger partial charge in [-0.25, -0.2) is 8.78 Å². The van der Waals surface area contributed by atoms with Gasteiger partial charge in [-0.1, -0.05) is 54.1 Å². The molecule has 0 aromatic heterocycles. The summed E-state index contributed by atoms with van der Waals surface area (Å²) in [6, 6.07) is 17.0. The molecule has 2 atom stereocenters. The third kappa shape index (κ3) is 6.75. The summed E-state index contributed by atoms with van der Waals surface area (Å²) >= 11 is 6.32. The Morgan fingerprint density at radius 2 is 1.66 bits per heavy atom. The zero-order valence-electron chi connectivity index (χ0n) is 20.8. The van der Waals surface area contributed by atoms with E-state index in [4.69, 9.17) is 11.6 Å². The molecule has 1 aliphatic heterocycles. The lowest BCUT2D eigenvalue weighted by Crippen LogP contribution is -2.53. The second-order valence-electron chi connectivity index (χ2n) is 9.36. The number of hydrogen-bond donors (Lipinski definition) is 2. The normalized spacial score (nSPS) is 14.3. The Labute approximate surface area is 225 Å². The molecule has 6 nitrogen and oxygen atoms in total. The molecular weight excluding hydrogens is 512 g/mol. The first-order valence-electron chi connectivity index (χ1n) is 12.3. The first-order valence-corrected chi connectivity index (χ1v) is 12.7. The fourth-order valence-corrected chi connectivity index (χ4v) is 4.78. The van der Waals surface area contributed by atoms with Crippen LogP contribution in [-0.4, -0.2) is 35.2 Å².